The molecule has 0 saturated carbocycles. The molecule has 1 aliphatic heterocycles. The number of thiazole rings is 1. The summed E-state index contributed by atoms with van der Waals surface area (Å²) >= 11 is 0.747. The highest BCUT2D eigenvalue weighted by molar-refractivity contribution is 7.91. The van der Waals surface area contributed by atoms with Crippen molar-refractivity contribution >= 4 is 21.4 Å². The van der Waals surface area contributed by atoms with Crippen LogP contribution in [0.1, 0.15) is 26.0 Å². The summed E-state index contributed by atoms with van der Waals surface area (Å²) in [6, 6.07) is -0.169. The zero-order valence-corrected chi connectivity index (χ0v) is 12.8. The molecule has 0 aliphatic carbocycles. The molecule has 0 aromatic carbocycles. The summed E-state index contributed by atoms with van der Waals surface area (Å²) in [4.78, 5) is 13.5. The van der Waals surface area contributed by atoms with Gasteiger partial charge in [-0.15, -0.1) is 0 Å². The van der Waals surface area contributed by atoms with Crippen LogP contribution in [0.25, 0.3) is 0 Å². The van der Waals surface area contributed by atoms with Crippen LogP contribution in [-0.4, -0.2) is 43.0 Å². The van der Waals surface area contributed by atoms with Crippen molar-refractivity contribution in [1.29, 1.82) is 0 Å². The Morgan fingerprint density at radius 3 is 2.74 bits per heavy atom. The third kappa shape index (κ3) is 2.76. The average Bonchev–Trinajstić information content (AvgIpc) is 2.69. The standard InChI is InChI=1S/C11H18N2O4S2/c1-4-9-6-17-7(2)5-13(9)19(15,16)10-8(3)12-11(14)18-10/h7,9H,4-6H2,1-3H3,(H,12,14). The lowest BCUT2D eigenvalue weighted by Crippen LogP contribution is -2.51. The first-order chi connectivity index (χ1) is 8.86. The number of aromatic nitrogens is 1. The smallest absolute Gasteiger partial charge is 0.305 e. The van der Waals surface area contributed by atoms with E-state index in [0.29, 0.717) is 25.3 Å². The molecule has 1 fully saturated rings. The van der Waals surface area contributed by atoms with Crippen molar-refractivity contribution < 1.29 is 13.2 Å². The van der Waals surface area contributed by atoms with E-state index in [-0.39, 0.29) is 21.2 Å². The molecule has 19 heavy (non-hydrogen) atoms. The first-order valence-corrected chi connectivity index (χ1v) is 8.45. The molecule has 0 bridgehead atoms. The summed E-state index contributed by atoms with van der Waals surface area (Å²) in [5.41, 5.74) is 0.406. The lowest BCUT2D eigenvalue weighted by atomic mass is 10.2. The van der Waals surface area contributed by atoms with Gasteiger partial charge in [-0.3, -0.25) is 4.79 Å². The maximum absolute atomic E-state index is 12.7. The van der Waals surface area contributed by atoms with Gasteiger partial charge in [-0.1, -0.05) is 18.3 Å². The highest BCUT2D eigenvalue weighted by atomic mass is 32.2. The van der Waals surface area contributed by atoms with Gasteiger partial charge in [0.15, 0.2) is 4.21 Å². The molecule has 1 saturated heterocycles. The highest BCUT2D eigenvalue weighted by Gasteiger charge is 2.37. The van der Waals surface area contributed by atoms with E-state index in [9.17, 15) is 13.2 Å². The normalized spacial score (nSPS) is 25.6. The lowest BCUT2D eigenvalue weighted by molar-refractivity contribution is -0.0229. The predicted molar refractivity (Wildman–Crippen MR) is 73.1 cm³/mol. The molecule has 2 heterocycles. The minimum atomic E-state index is -3.63. The molecule has 2 atom stereocenters. The molecule has 0 radical (unpaired) electrons. The molecule has 1 aromatic rings. The number of nitrogens with one attached hydrogen (secondary N) is 1. The molecule has 1 aliphatic rings. The molecule has 1 N–H and O–H groups in total. The van der Waals surface area contributed by atoms with E-state index in [4.69, 9.17) is 4.74 Å². The SMILES string of the molecule is CCC1COC(C)CN1S(=O)(=O)c1sc(=O)[nH]c1C. The van der Waals surface area contributed by atoms with Gasteiger partial charge in [-0.25, -0.2) is 8.42 Å². The molecule has 0 spiro atoms. The monoisotopic (exact) mass is 306 g/mol. The van der Waals surface area contributed by atoms with Crippen molar-refractivity contribution in [3.05, 3.63) is 15.4 Å². The van der Waals surface area contributed by atoms with Gasteiger partial charge in [0.05, 0.1) is 12.7 Å². The van der Waals surface area contributed by atoms with Crippen LogP contribution >= 0.6 is 11.3 Å². The van der Waals surface area contributed by atoms with Gasteiger partial charge in [0, 0.05) is 18.3 Å². The van der Waals surface area contributed by atoms with E-state index in [0.717, 1.165) is 11.3 Å². The third-order valence-corrected chi connectivity index (χ3v) is 6.71. The fraction of sp³-hybridized carbons (Fsp3) is 0.727. The first kappa shape index (κ1) is 14.7. The fourth-order valence-corrected chi connectivity index (χ4v) is 5.34. The Morgan fingerprint density at radius 2 is 2.21 bits per heavy atom. The molecule has 8 heteroatoms. The van der Waals surface area contributed by atoms with Crippen molar-refractivity contribution in [3.63, 3.8) is 0 Å². The number of morpholine rings is 1. The van der Waals surface area contributed by atoms with E-state index >= 15 is 0 Å². The van der Waals surface area contributed by atoms with Crippen LogP contribution in [0.15, 0.2) is 9.00 Å². The maximum atomic E-state index is 12.7. The Kier molecular flexibility index (Phi) is 4.14. The zero-order chi connectivity index (χ0) is 14.2. The molecule has 1 aromatic heterocycles. The minimum absolute atomic E-state index is 0.116. The van der Waals surface area contributed by atoms with Crippen molar-refractivity contribution in [2.75, 3.05) is 13.2 Å². The van der Waals surface area contributed by atoms with Gasteiger partial charge in [0.2, 0.25) is 0 Å². The molecular weight excluding hydrogens is 288 g/mol. The van der Waals surface area contributed by atoms with Gasteiger partial charge in [-0.05, 0) is 20.3 Å². The fourth-order valence-electron chi connectivity index (χ4n) is 2.17. The Balaban J connectivity index is 2.42. The number of sulfonamides is 1. The van der Waals surface area contributed by atoms with Crippen LogP contribution in [0.2, 0.25) is 0 Å². The van der Waals surface area contributed by atoms with E-state index < -0.39 is 10.0 Å². The van der Waals surface area contributed by atoms with Crippen LogP contribution in [-0.2, 0) is 14.8 Å². The van der Waals surface area contributed by atoms with Crippen LogP contribution < -0.4 is 4.87 Å². The molecule has 2 unspecified atom stereocenters. The summed E-state index contributed by atoms with van der Waals surface area (Å²) in [6.45, 7) is 6.11. The first-order valence-electron chi connectivity index (χ1n) is 6.19. The quantitative estimate of drug-likeness (QED) is 0.901. The van der Waals surface area contributed by atoms with Crippen molar-refractivity contribution in [1.82, 2.24) is 9.29 Å². The zero-order valence-electron chi connectivity index (χ0n) is 11.2. The van der Waals surface area contributed by atoms with E-state index in [1.54, 1.807) is 6.92 Å². The average molecular weight is 306 g/mol. The summed E-state index contributed by atoms with van der Waals surface area (Å²) in [5, 5.41) is 0. The van der Waals surface area contributed by atoms with Gasteiger partial charge in [0.25, 0.3) is 10.0 Å². The van der Waals surface area contributed by atoms with Gasteiger partial charge in [-0.2, -0.15) is 4.31 Å². The Morgan fingerprint density at radius 1 is 1.53 bits per heavy atom. The Hall–Kier alpha value is -0.700. The summed E-state index contributed by atoms with van der Waals surface area (Å²) in [7, 11) is -3.63. The second-order valence-corrected chi connectivity index (χ2v) is 7.78. The highest BCUT2D eigenvalue weighted by Crippen LogP contribution is 2.26. The van der Waals surface area contributed by atoms with Crippen molar-refractivity contribution in [2.45, 2.75) is 43.5 Å². The number of ether oxygens (including phenoxy) is 1. The van der Waals surface area contributed by atoms with E-state index in [2.05, 4.69) is 4.98 Å². The number of aromatic amines is 1. The lowest BCUT2D eigenvalue weighted by Gasteiger charge is -2.36. The second-order valence-electron chi connectivity index (χ2n) is 4.71. The molecule has 2 rings (SSSR count). The number of rotatable bonds is 3. The number of nitrogens with zero attached hydrogens (tertiary/aromatic N) is 1. The van der Waals surface area contributed by atoms with Crippen LogP contribution in [0, 0.1) is 6.92 Å². The molecule has 0 amide bonds. The van der Waals surface area contributed by atoms with Crippen molar-refractivity contribution in [2.24, 2.45) is 0 Å². The number of hydrogen-bond donors (Lipinski definition) is 1. The molecular formula is C11H18N2O4S2. The van der Waals surface area contributed by atoms with Crippen LogP contribution in [0.3, 0.4) is 0 Å². The minimum Gasteiger partial charge on any atom is -0.375 e. The second kappa shape index (κ2) is 5.35. The topological polar surface area (TPSA) is 79.5 Å². The Bertz CT molecular complexity index is 604. The van der Waals surface area contributed by atoms with Crippen LogP contribution in [0.4, 0.5) is 0 Å². The predicted octanol–water partition coefficient (Wildman–Crippen LogP) is 0.933. The third-order valence-electron chi connectivity index (χ3n) is 3.21. The molecule has 108 valence electrons. The largest absolute Gasteiger partial charge is 0.375 e. The summed E-state index contributed by atoms with van der Waals surface area (Å²) in [5.74, 6) is 0. The van der Waals surface area contributed by atoms with E-state index in [1.807, 2.05) is 13.8 Å². The van der Waals surface area contributed by atoms with Gasteiger partial charge in [0.1, 0.15) is 0 Å². The summed E-state index contributed by atoms with van der Waals surface area (Å²) in [6.07, 6.45) is 0.554. The number of hydrogen-bond acceptors (Lipinski definition) is 5. The van der Waals surface area contributed by atoms with Gasteiger partial charge >= 0.3 is 4.87 Å². The van der Waals surface area contributed by atoms with Crippen LogP contribution in [0.5, 0.6) is 0 Å². The van der Waals surface area contributed by atoms with Gasteiger partial charge < -0.3 is 9.72 Å². The number of aryl methyl sites for hydroxylation is 1. The maximum Gasteiger partial charge on any atom is 0.305 e. The van der Waals surface area contributed by atoms with E-state index in [1.165, 1.54) is 4.31 Å². The Labute approximate surface area is 116 Å². The molecule has 6 nitrogen and oxygen atoms in total. The van der Waals surface area contributed by atoms with Crippen molar-refractivity contribution in [3.8, 4) is 0 Å². The summed E-state index contributed by atoms with van der Waals surface area (Å²) < 4.78 is 32.4. The number of H-pyrrole nitrogens is 1.